The van der Waals surface area contributed by atoms with Gasteiger partial charge in [-0.15, -0.1) is 0 Å². The van der Waals surface area contributed by atoms with E-state index in [-0.39, 0.29) is 11.8 Å². The van der Waals surface area contributed by atoms with Crippen molar-refractivity contribution >= 4 is 29.3 Å². The van der Waals surface area contributed by atoms with Gasteiger partial charge in [-0.05, 0) is 36.2 Å². The van der Waals surface area contributed by atoms with Crippen molar-refractivity contribution in [3.05, 3.63) is 60.2 Å². The monoisotopic (exact) mass is 369 g/mol. The number of para-hydroxylation sites is 1. The van der Waals surface area contributed by atoms with E-state index in [1.807, 2.05) is 19.9 Å². The molecule has 0 aliphatic carbocycles. The third kappa shape index (κ3) is 5.85. The average Bonchev–Trinajstić information content (AvgIpc) is 2.66. The van der Waals surface area contributed by atoms with Gasteiger partial charge in [0.15, 0.2) is 0 Å². The Morgan fingerprint density at radius 1 is 0.889 bits per heavy atom. The Morgan fingerprint density at radius 2 is 1.56 bits per heavy atom. The van der Waals surface area contributed by atoms with E-state index in [9.17, 15) is 14.4 Å². The van der Waals surface area contributed by atoms with Gasteiger partial charge in [-0.1, -0.05) is 38.1 Å². The molecular weight excluding hydrogens is 346 g/mol. The van der Waals surface area contributed by atoms with E-state index < -0.39 is 18.0 Å². The van der Waals surface area contributed by atoms with Crippen LogP contribution in [-0.2, 0) is 9.53 Å². The third-order valence-corrected chi connectivity index (χ3v) is 3.82. The number of benzene rings is 2. The van der Waals surface area contributed by atoms with Crippen molar-refractivity contribution < 1.29 is 19.1 Å². The summed E-state index contributed by atoms with van der Waals surface area (Å²) >= 11 is 0. The highest BCUT2D eigenvalue weighted by Gasteiger charge is 2.24. The number of ether oxygens (including phenoxy) is 1. The van der Waals surface area contributed by atoms with Crippen LogP contribution in [0.1, 0.15) is 24.2 Å². The molecule has 0 heterocycles. The maximum absolute atomic E-state index is 12.6. The van der Waals surface area contributed by atoms with Crippen LogP contribution in [0, 0.1) is 5.92 Å². The quantitative estimate of drug-likeness (QED) is 0.681. The van der Waals surface area contributed by atoms with Gasteiger partial charge in [0.2, 0.25) is 5.91 Å². The molecule has 2 aromatic rings. The van der Waals surface area contributed by atoms with Gasteiger partial charge >= 0.3 is 12.0 Å². The first-order valence-corrected chi connectivity index (χ1v) is 8.52. The van der Waals surface area contributed by atoms with E-state index in [1.54, 1.807) is 42.5 Å². The van der Waals surface area contributed by atoms with Crippen molar-refractivity contribution in [2.24, 2.45) is 5.92 Å². The fraction of sp³-hybridized carbons (Fsp3) is 0.250. The summed E-state index contributed by atoms with van der Waals surface area (Å²) in [7, 11) is 1.29. The van der Waals surface area contributed by atoms with E-state index in [1.165, 1.54) is 13.2 Å². The van der Waals surface area contributed by atoms with Gasteiger partial charge in [-0.3, -0.25) is 4.79 Å². The predicted octanol–water partition coefficient (Wildman–Crippen LogP) is 3.26. The molecule has 0 radical (unpaired) electrons. The lowest BCUT2D eigenvalue weighted by Crippen LogP contribution is -2.48. The molecule has 2 rings (SSSR count). The standard InChI is InChI=1S/C20H23N3O4/c1-13(2)17(23-20(26)22-15-9-5-4-6-10-15)18(24)21-16-11-7-8-14(12-16)19(25)27-3/h4-13,17H,1-3H3,(H,21,24)(H2,22,23,26)/t17-/m0/s1. The van der Waals surface area contributed by atoms with Gasteiger partial charge in [0.05, 0.1) is 12.7 Å². The summed E-state index contributed by atoms with van der Waals surface area (Å²) in [6, 6.07) is 14.1. The molecule has 7 nitrogen and oxygen atoms in total. The Labute approximate surface area is 158 Å². The van der Waals surface area contributed by atoms with E-state index in [4.69, 9.17) is 0 Å². The molecule has 0 spiro atoms. The SMILES string of the molecule is COC(=O)c1cccc(NC(=O)[C@@H](NC(=O)Nc2ccccc2)C(C)C)c1. The van der Waals surface area contributed by atoms with Crippen molar-refractivity contribution in [2.45, 2.75) is 19.9 Å². The number of anilines is 2. The maximum atomic E-state index is 12.6. The summed E-state index contributed by atoms with van der Waals surface area (Å²) in [5.74, 6) is -1.02. The topological polar surface area (TPSA) is 96.5 Å². The molecule has 2 aromatic carbocycles. The molecule has 0 aliphatic heterocycles. The number of hydrogen-bond donors (Lipinski definition) is 3. The van der Waals surface area contributed by atoms with E-state index in [0.29, 0.717) is 16.9 Å². The summed E-state index contributed by atoms with van der Waals surface area (Å²) in [5, 5.41) is 8.09. The Balaban J connectivity index is 2.04. The summed E-state index contributed by atoms with van der Waals surface area (Å²) in [4.78, 5) is 36.4. The lowest BCUT2D eigenvalue weighted by Gasteiger charge is -2.22. The van der Waals surface area contributed by atoms with E-state index >= 15 is 0 Å². The number of hydrogen-bond acceptors (Lipinski definition) is 4. The molecule has 7 heteroatoms. The lowest BCUT2D eigenvalue weighted by atomic mass is 10.0. The van der Waals surface area contributed by atoms with Gasteiger partial charge in [0.1, 0.15) is 6.04 Å². The first kappa shape index (κ1) is 20.0. The minimum atomic E-state index is -0.754. The van der Waals surface area contributed by atoms with Gasteiger partial charge < -0.3 is 20.7 Å². The second-order valence-electron chi connectivity index (χ2n) is 6.25. The first-order chi connectivity index (χ1) is 12.9. The van der Waals surface area contributed by atoms with Gasteiger partial charge in [-0.25, -0.2) is 9.59 Å². The zero-order valence-corrected chi connectivity index (χ0v) is 15.5. The van der Waals surface area contributed by atoms with Gasteiger partial charge in [-0.2, -0.15) is 0 Å². The molecule has 0 fully saturated rings. The van der Waals surface area contributed by atoms with Crippen molar-refractivity contribution in [3.63, 3.8) is 0 Å². The highest BCUT2D eigenvalue weighted by molar-refractivity contribution is 6.00. The molecule has 0 unspecified atom stereocenters. The third-order valence-electron chi connectivity index (χ3n) is 3.82. The van der Waals surface area contributed by atoms with Crippen LogP contribution in [0.4, 0.5) is 16.2 Å². The van der Waals surface area contributed by atoms with Crippen LogP contribution in [0.5, 0.6) is 0 Å². The summed E-state index contributed by atoms with van der Waals surface area (Å²) in [6.45, 7) is 3.66. The molecule has 0 aromatic heterocycles. The molecule has 0 aliphatic rings. The van der Waals surface area contributed by atoms with Crippen LogP contribution in [0.25, 0.3) is 0 Å². The second kappa shape index (κ2) is 9.38. The zero-order valence-electron chi connectivity index (χ0n) is 15.5. The molecule has 0 saturated carbocycles. The van der Waals surface area contributed by atoms with Crippen LogP contribution in [0.3, 0.4) is 0 Å². The fourth-order valence-electron chi connectivity index (χ4n) is 2.43. The summed E-state index contributed by atoms with van der Waals surface area (Å²) < 4.78 is 4.67. The van der Waals surface area contributed by atoms with Crippen LogP contribution in [0.15, 0.2) is 54.6 Å². The number of methoxy groups -OCH3 is 1. The highest BCUT2D eigenvalue weighted by Crippen LogP contribution is 2.14. The number of esters is 1. The molecular formula is C20H23N3O4. The number of nitrogens with one attached hydrogen (secondary N) is 3. The lowest BCUT2D eigenvalue weighted by molar-refractivity contribution is -0.118. The number of carbonyl (C=O) groups excluding carboxylic acids is 3. The summed E-state index contributed by atoms with van der Waals surface area (Å²) in [6.07, 6.45) is 0. The Hall–Kier alpha value is -3.35. The fourth-order valence-corrected chi connectivity index (χ4v) is 2.43. The molecule has 1 atom stereocenters. The van der Waals surface area contributed by atoms with Crippen molar-refractivity contribution in [3.8, 4) is 0 Å². The largest absolute Gasteiger partial charge is 0.465 e. The Kier molecular flexibility index (Phi) is 6.93. The summed E-state index contributed by atoms with van der Waals surface area (Å²) in [5.41, 5.74) is 1.40. The van der Waals surface area contributed by atoms with Gasteiger partial charge in [0.25, 0.3) is 0 Å². The van der Waals surface area contributed by atoms with Crippen LogP contribution >= 0.6 is 0 Å². The van der Waals surface area contributed by atoms with Crippen molar-refractivity contribution in [1.29, 1.82) is 0 Å². The smallest absolute Gasteiger partial charge is 0.337 e. The zero-order chi connectivity index (χ0) is 19.8. The Bertz CT molecular complexity index is 806. The molecule has 142 valence electrons. The molecule has 0 bridgehead atoms. The molecule has 27 heavy (non-hydrogen) atoms. The number of rotatable bonds is 6. The number of amides is 3. The average molecular weight is 369 g/mol. The normalized spacial score (nSPS) is 11.4. The van der Waals surface area contributed by atoms with E-state index in [2.05, 4.69) is 20.7 Å². The van der Waals surface area contributed by atoms with E-state index in [0.717, 1.165) is 0 Å². The van der Waals surface area contributed by atoms with Crippen LogP contribution in [-0.4, -0.2) is 31.1 Å². The molecule has 3 amide bonds. The molecule has 3 N–H and O–H groups in total. The minimum absolute atomic E-state index is 0.143. The second-order valence-corrected chi connectivity index (χ2v) is 6.25. The minimum Gasteiger partial charge on any atom is -0.465 e. The Morgan fingerprint density at radius 3 is 2.19 bits per heavy atom. The van der Waals surface area contributed by atoms with Gasteiger partial charge in [0, 0.05) is 11.4 Å². The predicted molar refractivity (Wildman–Crippen MR) is 104 cm³/mol. The maximum Gasteiger partial charge on any atom is 0.337 e. The number of carbonyl (C=O) groups is 3. The first-order valence-electron chi connectivity index (χ1n) is 8.52. The number of urea groups is 1. The highest BCUT2D eigenvalue weighted by atomic mass is 16.5. The van der Waals surface area contributed by atoms with Crippen LogP contribution in [0.2, 0.25) is 0 Å². The molecule has 0 saturated heterocycles. The van der Waals surface area contributed by atoms with Crippen molar-refractivity contribution in [2.75, 3.05) is 17.7 Å². The van der Waals surface area contributed by atoms with Crippen LogP contribution < -0.4 is 16.0 Å². The van der Waals surface area contributed by atoms with Crippen molar-refractivity contribution in [1.82, 2.24) is 5.32 Å².